The minimum atomic E-state index is -2.88. The predicted octanol–water partition coefficient (Wildman–Crippen LogP) is 6.10. The van der Waals surface area contributed by atoms with Crippen LogP contribution in [0.4, 0.5) is 0 Å². The van der Waals surface area contributed by atoms with E-state index in [0.29, 0.717) is 0 Å². The number of hydrogen-bond donors (Lipinski definition) is 0. The minimum absolute atomic E-state index is 1.10. The molecule has 0 aliphatic carbocycles. The molecule has 0 spiro atoms. The summed E-state index contributed by atoms with van der Waals surface area (Å²) in [5.41, 5.74) is 0. The molecule has 0 aliphatic heterocycles. The summed E-state index contributed by atoms with van der Waals surface area (Å²) in [6.07, 6.45) is 0. The zero-order valence-electron chi connectivity index (χ0n) is 23.8. The van der Waals surface area contributed by atoms with Crippen molar-refractivity contribution in [2.45, 2.75) is 78.6 Å². The van der Waals surface area contributed by atoms with Crippen LogP contribution in [-0.4, -0.2) is 50.9 Å². The van der Waals surface area contributed by atoms with Crippen LogP contribution < -0.4 is 10.4 Å². The topological polar surface area (TPSA) is 46.2 Å². The Balaban J connectivity index is 2.45. The van der Waals surface area contributed by atoms with Crippen LogP contribution in [0.25, 0.3) is 0 Å². The Bertz CT molecular complexity index is 946. The summed E-state index contributed by atoms with van der Waals surface area (Å²) < 4.78 is 34.4. The van der Waals surface area contributed by atoms with E-state index in [1.165, 1.54) is 0 Å². The fourth-order valence-corrected chi connectivity index (χ4v) is 32.0. The van der Waals surface area contributed by atoms with Gasteiger partial charge in [0.2, 0.25) is 0 Å². The summed E-state index contributed by atoms with van der Waals surface area (Å²) in [5.74, 6) is 0. The van der Waals surface area contributed by atoms with Crippen molar-refractivity contribution in [2.75, 3.05) is 0 Å². The first-order valence-electron chi connectivity index (χ1n) is 12.4. The number of benzene rings is 2. The average molecular weight is 583 g/mol. The van der Waals surface area contributed by atoms with Gasteiger partial charge in [-0.2, -0.15) is 0 Å². The first kappa shape index (κ1) is 30.8. The van der Waals surface area contributed by atoms with Gasteiger partial charge < -0.3 is 20.6 Å². The van der Waals surface area contributed by atoms with E-state index in [0.717, 1.165) is 10.4 Å². The largest absolute Gasteiger partial charge is 0.437 e. The van der Waals surface area contributed by atoms with Gasteiger partial charge in [0.1, 0.15) is 0 Å². The third-order valence-electron chi connectivity index (χ3n) is 4.97. The fraction of sp³-hybridized carbons (Fsp3) is 0.500. The van der Waals surface area contributed by atoms with Crippen molar-refractivity contribution in [3.8, 4) is 0 Å². The van der Waals surface area contributed by atoms with Crippen LogP contribution in [0.5, 0.6) is 0 Å². The van der Waals surface area contributed by atoms with Gasteiger partial charge in [0, 0.05) is 0 Å². The highest BCUT2D eigenvalue weighted by Gasteiger charge is 2.51. The van der Waals surface area contributed by atoms with E-state index in [2.05, 4.69) is 115 Å². The van der Waals surface area contributed by atoms with Crippen molar-refractivity contribution in [3.05, 3.63) is 60.7 Å². The van der Waals surface area contributed by atoms with Crippen LogP contribution in [0.15, 0.2) is 60.7 Å². The van der Waals surface area contributed by atoms with E-state index in [9.17, 15) is 0 Å². The molecule has 0 fully saturated rings. The third-order valence-corrected chi connectivity index (χ3v) is 26.7. The first-order chi connectivity index (χ1) is 15.7. The Labute approximate surface area is 220 Å². The molecule has 0 aliphatic rings. The van der Waals surface area contributed by atoms with Gasteiger partial charge in [-0.3, -0.25) is 0 Å². The summed E-state index contributed by atoms with van der Waals surface area (Å²) in [5, 5.41) is 2.23. The second-order valence-electron chi connectivity index (χ2n) is 12.2. The maximum Gasteiger partial charge on any atom is 0.351 e. The molecular weight excluding hydrogens is 537 g/mol. The highest BCUT2D eigenvalue weighted by atomic mass is 28.5. The molecule has 11 heteroatoms. The highest BCUT2D eigenvalue weighted by Crippen LogP contribution is 2.27. The molecule has 0 N–H and O–H groups in total. The Hall–Kier alpha value is -0.459. The lowest BCUT2D eigenvalue weighted by molar-refractivity contribution is 0.289. The molecule has 196 valence electrons. The van der Waals surface area contributed by atoms with E-state index in [4.69, 9.17) is 20.6 Å². The maximum absolute atomic E-state index is 7.07. The fourth-order valence-electron chi connectivity index (χ4n) is 4.53. The normalized spacial score (nSPS) is 17.0. The van der Waals surface area contributed by atoms with Gasteiger partial charge in [0.15, 0.2) is 16.6 Å². The zero-order valence-corrected chi connectivity index (χ0v) is 29.8. The van der Waals surface area contributed by atoms with E-state index in [1.54, 1.807) is 0 Å². The molecule has 0 heterocycles. The lowest BCUT2D eigenvalue weighted by Gasteiger charge is -2.44. The Morgan fingerprint density at radius 1 is 0.371 bits per heavy atom. The summed E-state index contributed by atoms with van der Waals surface area (Å²) >= 11 is 0. The van der Waals surface area contributed by atoms with E-state index in [1.807, 2.05) is 24.3 Å². The molecule has 2 atom stereocenters. The van der Waals surface area contributed by atoms with Gasteiger partial charge in [-0.1, -0.05) is 60.7 Å². The third kappa shape index (κ3) is 10.1. The predicted molar refractivity (Wildman–Crippen MR) is 162 cm³/mol. The molecular formula is C24H46O5Si6. The van der Waals surface area contributed by atoms with Crippen LogP contribution in [0.1, 0.15) is 0 Å². The molecule has 0 saturated heterocycles. The standard InChI is InChI=1S/C24H46O5Si6/c1-30(2,3)25-32(7,8)27-35(12,24-21-17-14-18-22-24)29-33(9,10)28-34(11,26-31(4,5)6)23-19-15-13-16-20-23/h13-22H,1-12H3. The van der Waals surface area contributed by atoms with E-state index < -0.39 is 50.9 Å². The monoisotopic (exact) mass is 582 g/mol. The summed E-state index contributed by atoms with van der Waals surface area (Å²) in [4.78, 5) is 0. The van der Waals surface area contributed by atoms with E-state index in [-0.39, 0.29) is 0 Å². The second-order valence-corrected chi connectivity index (χ2v) is 35.2. The molecule has 35 heavy (non-hydrogen) atoms. The van der Waals surface area contributed by atoms with Crippen molar-refractivity contribution < 1.29 is 20.6 Å². The molecule has 2 aromatic rings. The van der Waals surface area contributed by atoms with Gasteiger partial charge >= 0.3 is 34.2 Å². The smallest absolute Gasteiger partial charge is 0.351 e. The van der Waals surface area contributed by atoms with Gasteiger partial charge in [-0.15, -0.1) is 0 Å². The van der Waals surface area contributed by atoms with Gasteiger partial charge in [0.05, 0.1) is 0 Å². The number of hydrogen-bond acceptors (Lipinski definition) is 5. The summed E-state index contributed by atoms with van der Waals surface area (Å²) in [6.45, 7) is 26.1. The molecule has 0 saturated carbocycles. The van der Waals surface area contributed by atoms with Crippen LogP contribution in [-0.2, 0) is 20.6 Å². The molecule has 5 nitrogen and oxygen atoms in total. The Morgan fingerprint density at radius 3 is 0.971 bits per heavy atom. The lowest BCUT2D eigenvalue weighted by Crippen LogP contribution is -2.67. The van der Waals surface area contributed by atoms with Gasteiger partial charge in [-0.25, -0.2) is 0 Å². The van der Waals surface area contributed by atoms with Crippen LogP contribution in [0.2, 0.25) is 78.6 Å². The van der Waals surface area contributed by atoms with Crippen LogP contribution in [0, 0.1) is 0 Å². The Morgan fingerprint density at radius 2 is 0.657 bits per heavy atom. The number of rotatable bonds is 12. The summed E-state index contributed by atoms with van der Waals surface area (Å²) in [7, 11) is -14.5. The quantitative estimate of drug-likeness (QED) is 0.283. The molecule has 0 aromatic heterocycles. The SMILES string of the molecule is C[Si](C)(C)O[Si](C)(C)O[Si](C)(O[Si](C)(C)O[Si](C)(O[Si](C)(C)C)c1ccccc1)c1ccccc1. The molecule has 0 amide bonds. The van der Waals surface area contributed by atoms with Crippen molar-refractivity contribution >= 4 is 61.3 Å². The summed E-state index contributed by atoms with van der Waals surface area (Å²) in [6, 6.07) is 20.7. The Kier molecular flexibility index (Phi) is 9.77. The lowest BCUT2D eigenvalue weighted by atomic mass is 10.4. The zero-order chi connectivity index (χ0) is 26.8. The highest BCUT2D eigenvalue weighted by molar-refractivity contribution is 6.97. The average Bonchev–Trinajstić information content (AvgIpc) is 2.64. The van der Waals surface area contributed by atoms with Crippen molar-refractivity contribution in [2.24, 2.45) is 0 Å². The van der Waals surface area contributed by atoms with Crippen molar-refractivity contribution in [3.63, 3.8) is 0 Å². The maximum atomic E-state index is 7.07. The first-order valence-corrected chi connectivity index (χ1v) is 29.4. The molecule has 0 bridgehead atoms. The van der Waals surface area contributed by atoms with E-state index >= 15 is 0 Å². The molecule has 2 unspecified atom stereocenters. The van der Waals surface area contributed by atoms with Gasteiger partial charge in [0.25, 0.3) is 0 Å². The van der Waals surface area contributed by atoms with Crippen molar-refractivity contribution in [1.82, 2.24) is 0 Å². The van der Waals surface area contributed by atoms with Crippen LogP contribution in [0.3, 0.4) is 0 Å². The van der Waals surface area contributed by atoms with Crippen LogP contribution >= 0.6 is 0 Å². The second kappa shape index (κ2) is 11.1. The molecule has 2 aromatic carbocycles. The van der Waals surface area contributed by atoms with Crippen molar-refractivity contribution in [1.29, 1.82) is 0 Å². The minimum Gasteiger partial charge on any atom is -0.437 e. The molecule has 2 rings (SSSR count). The molecule has 0 radical (unpaired) electrons. The van der Waals surface area contributed by atoms with Gasteiger partial charge in [-0.05, 0) is 88.9 Å².